The number of nitrogens with zero attached hydrogens (tertiary/aromatic N) is 4. The van der Waals surface area contributed by atoms with Gasteiger partial charge in [0, 0.05) is 6.20 Å². The van der Waals surface area contributed by atoms with E-state index < -0.39 is 0 Å². The number of ether oxygens (including phenoxy) is 1. The maximum absolute atomic E-state index is 7.03. The van der Waals surface area contributed by atoms with Gasteiger partial charge in [-0.25, -0.2) is 4.98 Å². The van der Waals surface area contributed by atoms with Crippen LogP contribution in [0, 0.1) is 3.80 Å². The number of benzene rings is 8. The third kappa shape index (κ3) is 9.01. The molecule has 1 atom stereocenters. The third-order valence-electron chi connectivity index (χ3n) is 15.7. The van der Waals surface area contributed by atoms with Crippen LogP contribution in [0.4, 0.5) is 0 Å². The molecule has 8 aromatic carbocycles. The fourth-order valence-corrected chi connectivity index (χ4v) is 12.7. The fourth-order valence-electron chi connectivity index (χ4n) is 11.5. The summed E-state index contributed by atoms with van der Waals surface area (Å²) in [6, 6.07) is 69.4. The molecule has 0 bridgehead atoms. The molecule has 1 unspecified atom stereocenters. The standard InChI is InChI=1S/C70H66N4O.Pt/c1-68(2,3)51-36-37-71-66(42-51)74-62-35-31-49(46-20-12-10-13-21-46)40-60(62)58-34-33-55(44-65(58)74)75-54-32-30-48-24-18-29-61(59(48)43-54)72-45-73(64-28-17-16-27-63(64)72)67-56(47-22-14-11-15-23-47)25-19-26-57(67)50-38-52(69(4,5)6)41-53(39-50)70(7,8)9;/h10-17,19-23,25-28,30-44,61H,18,24,29H2,1-9H3;. The number of fused-ring (bicyclic) bond motifs is 5. The van der Waals surface area contributed by atoms with Crippen LogP contribution in [0.3, 0.4) is 0 Å². The number of aryl methyl sites for hydroxylation is 1. The van der Waals surface area contributed by atoms with E-state index in [4.69, 9.17) is 9.72 Å². The summed E-state index contributed by atoms with van der Waals surface area (Å²) in [5, 5.41) is 2.34. The van der Waals surface area contributed by atoms with Crippen molar-refractivity contribution in [2.75, 3.05) is 0 Å². The predicted octanol–water partition coefficient (Wildman–Crippen LogP) is 18.6. The minimum absolute atomic E-state index is 0.0298. The second-order valence-electron chi connectivity index (χ2n) is 23.9. The number of pyridine rings is 1. The fraction of sp³-hybridized carbons (Fsp3) is 0.229. The van der Waals surface area contributed by atoms with E-state index in [0.29, 0.717) is 0 Å². The van der Waals surface area contributed by atoms with E-state index in [1.165, 1.54) is 83.3 Å². The van der Waals surface area contributed by atoms with Gasteiger partial charge < -0.3 is 0 Å². The number of para-hydroxylation sites is 3. The first-order valence-corrected chi connectivity index (χ1v) is 28.1. The van der Waals surface area contributed by atoms with Crippen molar-refractivity contribution < 1.29 is 24.1 Å². The molecule has 0 amide bonds. The van der Waals surface area contributed by atoms with Crippen LogP contribution in [0.25, 0.3) is 77.7 Å². The average Bonchev–Trinajstić information content (AvgIpc) is 4.02. The van der Waals surface area contributed by atoms with Crippen molar-refractivity contribution in [3.8, 4) is 56.4 Å². The number of aromatic nitrogens is 4. The molecule has 3 heterocycles. The van der Waals surface area contributed by atoms with E-state index in [1.54, 1.807) is 0 Å². The SMILES string of the molecule is CC(C)(C)c1cc(-c2cccc(-c3ccccc3)c2-n2[c](=[Pt])n(C3CCCc4ccc(Oc5ccc6c7cc(-c8ccccc8)ccc7n(-c7cc(C(C)(C)C)ccn7)c6c5)cc43)c3ccccc32)cc(C(C)(C)C)c1. The average molecular weight is 1170 g/mol. The summed E-state index contributed by atoms with van der Waals surface area (Å²) >= 11 is 2.63. The van der Waals surface area contributed by atoms with Crippen molar-refractivity contribution >= 4 is 32.8 Å². The summed E-state index contributed by atoms with van der Waals surface area (Å²) in [6.07, 6.45) is 5.08. The summed E-state index contributed by atoms with van der Waals surface area (Å²) < 4.78 is 15.7. The second-order valence-corrected chi connectivity index (χ2v) is 25.0. The zero-order chi connectivity index (χ0) is 52.7. The van der Waals surface area contributed by atoms with Gasteiger partial charge in [-0.05, 0) is 46.4 Å². The van der Waals surface area contributed by atoms with Gasteiger partial charge in [0.05, 0.1) is 0 Å². The van der Waals surface area contributed by atoms with E-state index in [0.717, 1.165) is 56.8 Å². The van der Waals surface area contributed by atoms with E-state index in [-0.39, 0.29) is 22.3 Å². The molecule has 382 valence electrons. The molecule has 1 aliphatic carbocycles. The van der Waals surface area contributed by atoms with Gasteiger partial charge in [0.1, 0.15) is 0 Å². The van der Waals surface area contributed by atoms with E-state index in [1.807, 2.05) is 6.20 Å². The van der Waals surface area contributed by atoms with Crippen LogP contribution < -0.4 is 4.74 Å². The Morgan fingerprint density at radius 2 is 1.11 bits per heavy atom. The zero-order valence-corrected chi connectivity index (χ0v) is 47.5. The Hall–Kier alpha value is -7.33. The van der Waals surface area contributed by atoms with Crippen LogP contribution in [0.2, 0.25) is 0 Å². The van der Waals surface area contributed by atoms with Crippen LogP contribution in [-0.2, 0) is 42.0 Å². The number of hydrogen-bond donors (Lipinski definition) is 0. The zero-order valence-electron chi connectivity index (χ0n) is 45.2. The maximum atomic E-state index is 7.03. The molecule has 0 saturated carbocycles. The van der Waals surface area contributed by atoms with Crippen molar-refractivity contribution in [1.29, 1.82) is 0 Å². The van der Waals surface area contributed by atoms with Gasteiger partial charge in [-0.1, -0.05) is 57.2 Å². The second kappa shape index (κ2) is 19.0. The Kier molecular flexibility index (Phi) is 12.4. The molecule has 3 aromatic heterocycles. The Bertz CT molecular complexity index is 4050. The number of imidazole rings is 1. The van der Waals surface area contributed by atoms with Gasteiger partial charge in [0.15, 0.2) is 0 Å². The van der Waals surface area contributed by atoms with Crippen molar-refractivity contribution in [1.82, 2.24) is 18.7 Å². The number of rotatable bonds is 8. The van der Waals surface area contributed by atoms with Crippen LogP contribution >= 0.6 is 0 Å². The summed E-state index contributed by atoms with van der Waals surface area (Å²) in [6.45, 7) is 20.7. The van der Waals surface area contributed by atoms with Gasteiger partial charge in [0.25, 0.3) is 0 Å². The molecule has 12 rings (SSSR count). The van der Waals surface area contributed by atoms with Crippen molar-refractivity contribution in [2.24, 2.45) is 0 Å². The van der Waals surface area contributed by atoms with Gasteiger partial charge in [0.2, 0.25) is 0 Å². The molecule has 0 saturated heterocycles. The topological polar surface area (TPSA) is 36.9 Å². The van der Waals surface area contributed by atoms with Gasteiger partial charge in [-0.2, -0.15) is 0 Å². The van der Waals surface area contributed by atoms with Crippen molar-refractivity contribution in [2.45, 2.75) is 104 Å². The first-order valence-electron chi connectivity index (χ1n) is 26.9. The Morgan fingerprint density at radius 3 is 1.80 bits per heavy atom. The molecule has 0 spiro atoms. The Labute approximate surface area is 458 Å². The van der Waals surface area contributed by atoms with Gasteiger partial charge in [-0.3, -0.25) is 0 Å². The van der Waals surface area contributed by atoms with Crippen LogP contribution in [0.15, 0.2) is 194 Å². The summed E-state index contributed by atoms with van der Waals surface area (Å²) in [4.78, 5) is 5.01. The predicted molar refractivity (Wildman–Crippen MR) is 313 cm³/mol. The third-order valence-corrected chi connectivity index (χ3v) is 16.7. The molecule has 5 nitrogen and oxygen atoms in total. The Morgan fingerprint density at radius 1 is 0.474 bits per heavy atom. The normalized spacial score (nSPS) is 14.2. The molecular formula is C70H66N4OPt. The number of hydrogen-bond acceptors (Lipinski definition) is 2. The van der Waals surface area contributed by atoms with Crippen LogP contribution in [-0.4, -0.2) is 18.7 Å². The molecule has 1 aliphatic rings. The minimum atomic E-state index is -0.0362. The van der Waals surface area contributed by atoms with Crippen LogP contribution in [0.5, 0.6) is 11.5 Å². The van der Waals surface area contributed by atoms with Gasteiger partial charge >= 0.3 is 347 Å². The quantitative estimate of drug-likeness (QED) is 0.152. The molecule has 0 aliphatic heterocycles. The summed E-state index contributed by atoms with van der Waals surface area (Å²) in [7, 11) is 0. The van der Waals surface area contributed by atoms with E-state index in [2.05, 4.69) is 283 Å². The first kappa shape index (κ1) is 49.5. The van der Waals surface area contributed by atoms with Gasteiger partial charge in [-0.15, -0.1) is 0 Å². The molecule has 11 aromatic rings. The van der Waals surface area contributed by atoms with Crippen molar-refractivity contribution in [3.05, 3.63) is 226 Å². The van der Waals surface area contributed by atoms with E-state index in [9.17, 15) is 0 Å². The van der Waals surface area contributed by atoms with E-state index >= 15 is 0 Å². The van der Waals surface area contributed by atoms with Crippen molar-refractivity contribution in [3.63, 3.8) is 0 Å². The monoisotopic (exact) mass is 1170 g/mol. The molecule has 0 fully saturated rings. The first-order chi connectivity index (χ1) is 36.5. The molecule has 6 heteroatoms. The van der Waals surface area contributed by atoms with Crippen LogP contribution in [0.1, 0.15) is 109 Å². The summed E-state index contributed by atoms with van der Waals surface area (Å²) in [5.74, 6) is 2.51. The molecule has 76 heavy (non-hydrogen) atoms. The molecule has 0 radical (unpaired) electrons. The molecular weight excluding hydrogens is 1110 g/mol. The summed E-state index contributed by atoms with van der Waals surface area (Å²) in [5.41, 5.74) is 19.5. The molecule has 0 N–H and O–H groups in total. The Balaban J connectivity index is 0.995.